The Balaban J connectivity index is 1.82. The predicted molar refractivity (Wildman–Crippen MR) is 94.0 cm³/mol. The Morgan fingerprint density at radius 2 is 2.00 bits per heavy atom. The van der Waals surface area contributed by atoms with Crippen molar-refractivity contribution in [3.05, 3.63) is 64.2 Å². The van der Waals surface area contributed by atoms with E-state index in [4.69, 9.17) is 11.6 Å². The second-order valence-electron chi connectivity index (χ2n) is 6.52. The van der Waals surface area contributed by atoms with E-state index < -0.39 is 0 Å². The molecule has 4 heteroatoms. The molecule has 2 atom stereocenters. The fourth-order valence-electron chi connectivity index (χ4n) is 4.10. The Labute approximate surface area is 142 Å². The summed E-state index contributed by atoms with van der Waals surface area (Å²) in [6.45, 7) is 2.00. The molecule has 0 saturated carbocycles. The minimum absolute atomic E-state index is 0.0396. The van der Waals surface area contributed by atoms with Crippen LogP contribution < -0.4 is 4.90 Å². The highest BCUT2D eigenvalue weighted by atomic mass is 35.5. The monoisotopic (exact) mass is 328 g/mol. The van der Waals surface area contributed by atoms with E-state index in [0.717, 1.165) is 35.8 Å². The van der Waals surface area contributed by atoms with E-state index >= 15 is 0 Å². The summed E-state index contributed by atoms with van der Waals surface area (Å²) >= 11 is 6.25. The quantitative estimate of drug-likeness (QED) is 0.916. The number of hydrogen-bond donors (Lipinski definition) is 1. The van der Waals surface area contributed by atoms with Gasteiger partial charge in [0.25, 0.3) is 0 Å². The molecule has 2 aliphatic rings. The van der Waals surface area contributed by atoms with Crippen LogP contribution in [-0.2, 0) is 13.0 Å². The van der Waals surface area contributed by atoms with Crippen molar-refractivity contribution in [2.24, 2.45) is 0 Å². The third-order valence-electron chi connectivity index (χ3n) is 5.29. The SMILES string of the molecule is CN1CCN(c2cc(Cl)ccc2CO)C2c3ccccc3CC21. The Kier molecular flexibility index (Phi) is 3.80. The van der Waals surface area contributed by atoms with Gasteiger partial charge < -0.3 is 10.0 Å². The molecule has 1 aliphatic heterocycles. The fraction of sp³-hybridized carbons (Fsp3) is 0.368. The molecule has 2 aromatic rings. The summed E-state index contributed by atoms with van der Waals surface area (Å²) in [6, 6.07) is 15.3. The molecule has 120 valence electrons. The summed E-state index contributed by atoms with van der Waals surface area (Å²) < 4.78 is 0. The molecular weight excluding hydrogens is 308 g/mol. The molecule has 2 aromatic carbocycles. The first kappa shape index (κ1) is 15.0. The highest BCUT2D eigenvalue weighted by Crippen LogP contribution is 2.43. The Bertz CT molecular complexity index is 733. The number of fused-ring (bicyclic) bond motifs is 3. The number of aliphatic hydroxyl groups excluding tert-OH is 1. The van der Waals surface area contributed by atoms with Gasteiger partial charge in [0, 0.05) is 35.4 Å². The zero-order valence-corrected chi connectivity index (χ0v) is 14.0. The second kappa shape index (κ2) is 5.82. The van der Waals surface area contributed by atoms with Crippen LogP contribution in [0, 0.1) is 0 Å². The lowest BCUT2D eigenvalue weighted by Gasteiger charge is -2.45. The molecule has 1 saturated heterocycles. The number of rotatable bonds is 2. The molecule has 1 aliphatic carbocycles. The van der Waals surface area contributed by atoms with Crippen LogP contribution >= 0.6 is 11.6 Å². The van der Waals surface area contributed by atoms with E-state index in [-0.39, 0.29) is 6.61 Å². The van der Waals surface area contributed by atoms with Crippen LogP contribution in [0.15, 0.2) is 42.5 Å². The van der Waals surface area contributed by atoms with E-state index in [0.29, 0.717) is 12.1 Å². The molecule has 3 nitrogen and oxygen atoms in total. The van der Waals surface area contributed by atoms with Gasteiger partial charge in [0.1, 0.15) is 0 Å². The van der Waals surface area contributed by atoms with Crippen LogP contribution in [0.5, 0.6) is 0 Å². The first-order chi connectivity index (χ1) is 11.2. The van der Waals surface area contributed by atoms with Gasteiger partial charge in [-0.15, -0.1) is 0 Å². The molecule has 1 fully saturated rings. The van der Waals surface area contributed by atoms with Gasteiger partial charge in [-0.25, -0.2) is 0 Å². The smallest absolute Gasteiger partial charge is 0.0704 e. The van der Waals surface area contributed by atoms with Crippen molar-refractivity contribution in [3.8, 4) is 0 Å². The van der Waals surface area contributed by atoms with E-state index in [2.05, 4.69) is 41.1 Å². The lowest BCUT2D eigenvalue weighted by Crippen LogP contribution is -2.52. The van der Waals surface area contributed by atoms with Gasteiger partial charge in [0.2, 0.25) is 0 Å². The zero-order chi connectivity index (χ0) is 16.0. The standard InChI is InChI=1S/C19H21ClN2O/c1-21-8-9-22(17-11-15(20)7-6-14(17)12-23)19-16-5-3-2-4-13(16)10-18(19)21/h2-7,11,18-19,23H,8-10,12H2,1H3. The number of halogens is 1. The van der Waals surface area contributed by atoms with Crippen molar-refractivity contribution in [1.29, 1.82) is 0 Å². The van der Waals surface area contributed by atoms with Crippen molar-refractivity contribution in [3.63, 3.8) is 0 Å². The van der Waals surface area contributed by atoms with Crippen molar-refractivity contribution in [2.45, 2.75) is 25.1 Å². The van der Waals surface area contributed by atoms with Crippen molar-refractivity contribution in [1.82, 2.24) is 4.90 Å². The fourth-order valence-corrected chi connectivity index (χ4v) is 4.27. The Morgan fingerprint density at radius 3 is 2.83 bits per heavy atom. The summed E-state index contributed by atoms with van der Waals surface area (Å²) in [7, 11) is 2.21. The highest BCUT2D eigenvalue weighted by molar-refractivity contribution is 6.30. The van der Waals surface area contributed by atoms with E-state index in [1.807, 2.05) is 18.2 Å². The maximum Gasteiger partial charge on any atom is 0.0704 e. The first-order valence-corrected chi connectivity index (χ1v) is 8.51. The average Bonchev–Trinajstić information content (AvgIpc) is 2.96. The summed E-state index contributed by atoms with van der Waals surface area (Å²) in [6.07, 6.45) is 1.09. The molecule has 2 unspecified atom stereocenters. The van der Waals surface area contributed by atoms with Crippen LogP contribution in [0.2, 0.25) is 5.02 Å². The van der Waals surface area contributed by atoms with Crippen LogP contribution in [0.25, 0.3) is 0 Å². The van der Waals surface area contributed by atoms with Crippen LogP contribution in [0.4, 0.5) is 5.69 Å². The minimum Gasteiger partial charge on any atom is -0.392 e. The number of aliphatic hydroxyl groups is 1. The number of hydrogen-bond acceptors (Lipinski definition) is 3. The number of likely N-dealkylation sites (N-methyl/N-ethyl adjacent to an activating group) is 1. The third kappa shape index (κ3) is 2.44. The molecule has 0 bridgehead atoms. The van der Waals surface area contributed by atoms with Crippen LogP contribution in [0.1, 0.15) is 22.7 Å². The van der Waals surface area contributed by atoms with Crippen molar-refractivity contribution < 1.29 is 5.11 Å². The molecule has 0 spiro atoms. The Morgan fingerprint density at radius 1 is 1.17 bits per heavy atom. The van der Waals surface area contributed by atoms with Crippen molar-refractivity contribution >= 4 is 17.3 Å². The van der Waals surface area contributed by atoms with Crippen LogP contribution in [0.3, 0.4) is 0 Å². The predicted octanol–water partition coefficient (Wildman–Crippen LogP) is 3.25. The van der Waals surface area contributed by atoms with Gasteiger partial charge in [-0.05, 0) is 36.7 Å². The third-order valence-corrected chi connectivity index (χ3v) is 5.53. The second-order valence-corrected chi connectivity index (χ2v) is 6.96. The lowest BCUT2D eigenvalue weighted by atomic mass is 9.99. The molecule has 1 heterocycles. The van der Waals surface area contributed by atoms with Crippen LogP contribution in [-0.4, -0.2) is 36.2 Å². The maximum absolute atomic E-state index is 9.75. The average molecular weight is 329 g/mol. The molecule has 0 amide bonds. The van der Waals surface area contributed by atoms with Gasteiger partial charge in [0.05, 0.1) is 12.6 Å². The lowest BCUT2D eigenvalue weighted by molar-refractivity contribution is 0.186. The van der Waals surface area contributed by atoms with Gasteiger partial charge in [-0.1, -0.05) is 41.9 Å². The Hall–Kier alpha value is -1.55. The van der Waals surface area contributed by atoms with E-state index in [9.17, 15) is 5.11 Å². The normalized spacial score (nSPS) is 23.7. The van der Waals surface area contributed by atoms with Gasteiger partial charge in [0.15, 0.2) is 0 Å². The topological polar surface area (TPSA) is 26.7 Å². The van der Waals surface area contributed by atoms with Crippen molar-refractivity contribution in [2.75, 3.05) is 25.0 Å². The van der Waals surface area contributed by atoms with Gasteiger partial charge >= 0.3 is 0 Å². The molecular formula is C19H21ClN2O. The molecule has 4 rings (SSSR count). The zero-order valence-electron chi connectivity index (χ0n) is 13.2. The minimum atomic E-state index is 0.0396. The summed E-state index contributed by atoms with van der Waals surface area (Å²) in [4.78, 5) is 4.90. The number of piperazine rings is 1. The number of nitrogens with zero attached hydrogens (tertiary/aromatic N) is 2. The highest BCUT2D eigenvalue weighted by Gasteiger charge is 2.42. The molecule has 1 N–H and O–H groups in total. The molecule has 23 heavy (non-hydrogen) atoms. The summed E-state index contributed by atoms with van der Waals surface area (Å²) in [5.41, 5.74) is 4.86. The summed E-state index contributed by atoms with van der Waals surface area (Å²) in [5.74, 6) is 0. The number of benzene rings is 2. The van der Waals surface area contributed by atoms with Gasteiger partial charge in [-0.3, -0.25) is 4.90 Å². The largest absolute Gasteiger partial charge is 0.392 e. The molecule has 0 aromatic heterocycles. The molecule has 0 radical (unpaired) electrons. The van der Waals surface area contributed by atoms with E-state index in [1.165, 1.54) is 11.1 Å². The first-order valence-electron chi connectivity index (χ1n) is 8.13. The summed E-state index contributed by atoms with van der Waals surface area (Å²) in [5, 5.41) is 10.5. The maximum atomic E-state index is 9.75. The van der Waals surface area contributed by atoms with E-state index in [1.54, 1.807) is 0 Å². The number of anilines is 1. The van der Waals surface area contributed by atoms with Gasteiger partial charge in [-0.2, -0.15) is 0 Å².